The Morgan fingerprint density at radius 1 is 1.22 bits per heavy atom. The number of aromatic nitrogens is 2. The molecule has 4 rings (SSSR count). The number of methoxy groups -OCH3 is 1. The highest BCUT2D eigenvalue weighted by Gasteiger charge is 2.35. The second-order valence-corrected chi connectivity index (χ2v) is 6.85. The Hall–Kier alpha value is -2.86. The number of rotatable bonds is 4. The summed E-state index contributed by atoms with van der Waals surface area (Å²) in [7, 11) is 1.59. The lowest BCUT2D eigenvalue weighted by molar-refractivity contribution is -0.117. The molecule has 0 N–H and O–H groups in total. The fourth-order valence-corrected chi connectivity index (χ4v) is 3.50. The van der Waals surface area contributed by atoms with Crippen molar-refractivity contribution in [2.24, 2.45) is 0 Å². The highest BCUT2D eigenvalue weighted by atomic mass is 35.5. The molecule has 1 aliphatic heterocycles. The molecule has 3 aromatic rings. The van der Waals surface area contributed by atoms with Gasteiger partial charge in [-0.3, -0.25) is 4.79 Å². The summed E-state index contributed by atoms with van der Waals surface area (Å²) in [4.78, 5) is 18.8. The molecule has 6 nitrogen and oxygen atoms in total. The Balaban J connectivity index is 1.60. The highest BCUT2D eigenvalue weighted by molar-refractivity contribution is 6.31. The van der Waals surface area contributed by atoms with Gasteiger partial charge in [0.2, 0.25) is 5.91 Å². The van der Waals surface area contributed by atoms with Gasteiger partial charge in [-0.15, -0.1) is 0 Å². The van der Waals surface area contributed by atoms with Crippen LogP contribution in [0.3, 0.4) is 0 Å². The number of benzene rings is 2. The Labute approximate surface area is 161 Å². The predicted molar refractivity (Wildman–Crippen MR) is 102 cm³/mol. The monoisotopic (exact) mass is 383 g/mol. The molecule has 1 aliphatic rings. The summed E-state index contributed by atoms with van der Waals surface area (Å²) < 4.78 is 10.8. The van der Waals surface area contributed by atoms with Crippen LogP contribution in [0.25, 0.3) is 11.5 Å². The van der Waals surface area contributed by atoms with E-state index in [2.05, 4.69) is 10.1 Å². The number of ether oxygens (including phenoxy) is 1. The molecule has 27 heavy (non-hydrogen) atoms. The average Bonchev–Trinajstić information content (AvgIpc) is 3.31. The number of anilines is 1. The van der Waals surface area contributed by atoms with Crippen LogP contribution < -0.4 is 9.64 Å². The van der Waals surface area contributed by atoms with Crippen LogP contribution in [-0.4, -0.2) is 29.7 Å². The summed E-state index contributed by atoms with van der Waals surface area (Å²) in [6, 6.07) is 13.0. The molecule has 0 saturated carbocycles. The van der Waals surface area contributed by atoms with Crippen molar-refractivity contribution in [3.05, 3.63) is 58.9 Å². The van der Waals surface area contributed by atoms with E-state index >= 15 is 0 Å². The molecule has 1 saturated heterocycles. The zero-order chi connectivity index (χ0) is 19.0. The van der Waals surface area contributed by atoms with Gasteiger partial charge in [0.15, 0.2) is 5.82 Å². The fourth-order valence-electron chi connectivity index (χ4n) is 3.33. The third-order valence-electron chi connectivity index (χ3n) is 4.80. The first-order chi connectivity index (χ1) is 13.1. The molecule has 1 fully saturated rings. The molecule has 1 unspecified atom stereocenters. The minimum Gasteiger partial charge on any atom is -0.496 e. The molecule has 2 aromatic carbocycles. The Morgan fingerprint density at radius 3 is 2.85 bits per heavy atom. The number of carbonyl (C=O) groups excluding carboxylic acids is 1. The van der Waals surface area contributed by atoms with Gasteiger partial charge in [0, 0.05) is 29.6 Å². The Kier molecular flexibility index (Phi) is 4.58. The molecule has 7 heteroatoms. The highest BCUT2D eigenvalue weighted by Crippen LogP contribution is 2.35. The van der Waals surface area contributed by atoms with E-state index in [9.17, 15) is 4.79 Å². The predicted octanol–water partition coefficient (Wildman–Crippen LogP) is 4.23. The Bertz CT molecular complexity index is 1000. The maximum Gasteiger partial charge on any atom is 0.261 e. The number of nitrogens with zero attached hydrogens (tertiary/aromatic N) is 3. The van der Waals surface area contributed by atoms with Crippen molar-refractivity contribution in [1.29, 1.82) is 0 Å². The topological polar surface area (TPSA) is 68.5 Å². The van der Waals surface area contributed by atoms with Crippen molar-refractivity contribution < 1.29 is 14.1 Å². The third kappa shape index (κ3) is 3.17. The summed E-state index contributed by atoms with van der Waals surface area (Å²) in [5.74, 6) is 1.45. The fraction of sp³-hybridized carbons (Fsp3) is 0.250. The van der Waals surface area contributed by atoms with Gasteiger partial charge in [0.1, 0.15) is 5.75 Å². The molecule has 0 bridgehead atoms. The molecule has 138 valence electrons. The normalized spacial score (nSPS) is 16.8. The quantitative estimate of drug-likeness (QED) is 0.674. The van der Waals surface area contributed by atoms with Crippen LogP contribution >= 0.6 is 11.6 Å². The van der Waals surface area contributed by atoms with E-state index in [1.54, 1.807) is 12.0 Å². The molecule has 1 amide bonds. The van der Waals surface area contributed by atoms with E-state index in [-0.39, 0.29) is 11.8 Å². The van der Waals surface area contributed by atoms with Crippen molar-refractivity contribution >= 4 is 23.2 Å². The summed E-state index contributed by atoms with van der Waals surface area (Å²) in [5, 5.41) is 4.75. The van der Waals surface area contributed by atoms with Gasteiger partial charge in [-0.25, -0.2) is 0 Å². The number of para-hydroxylation sites is 1. The standard InChI is InChI=1S/C20H18ClN3O3/c1-12-15(21)7-5-8-16(12)24-11-13(10-18(24)25)19-22-20(27-23-19)14-6-3-4-9-17(14)26-2/h3-9,13H,10-11H2,1-2H3. The third-order valence-corrected chi connectivity index (χ3v) is 5.21. The van der Waals surface area contributed by atoms with Crippen LogP contribution in [0.1, 0.15) is 23.7 Å². The molecule has 0 aliphatic carbocycles. The first-order valence-corrected chi connectivity index (χ1v) is 8.98. The van der Waals surface area contributed by atoms with Crippen LogP contribution in [0.15, 0.2) is 47.0 Å². The van der Waals surface area contributed by atoms with Crippen molar-refractivity contribution in [2.45, 2.75) is 19.3 Å². The average molecular weight is 384 g/mol. The van der Waals surface area contributed by atoms with Gasteiger partial charge in [-0.1, -0.05) is 35.0 Å². The molecular formula is C20H18ClN3O3. The van der Waals surface area contributed by atoms with Crippen LogP contribution in [0.2, 0.25) is 5.02 Å². The summed E-state index contributed by atoms with van der Waals surface area (Å²) >= 11 is 6.20. The number of hydrogen-bond acceptors (Lipinski definition) is 5. The van der Waals surface area contributed by atoms with E-state index in [1.165, 1.54) is 0 Å². The zero-order valence-corrected chi connectivity index (χ0v) is 15.7. The Morgan fingerprint density at radius 2 is 2.04 bits per heavy atom. The van der Waals surface area contributed by atoms with E-state index in [0.717, 1.165) is 16.8 Å². The van der Waals surface area contributed by atoms with Crippen LogP contribution in [0, 0.1) is 6.92 Å². The maximum atomic E-state index is 12.6. The van der Waals surface area contributed by atoms with Gasteiger partial charge in [0.05, 0.1) is 12.7 Å². The van der Waals surface area contributed by atoms with Crippen molar-refractivity contribution in [3.8, 4) is 17.2 Å². The van der Waals surface area contributed by atoms with Gasteiger partial charge in [0.25, 0.3) is 5.89 Å². The van der Waals surface area contributed by atoms with E-state index < -0.39 is 0 Å². The number of amides is 1. The van der Waals surface area contributed by atoms with Crippen LogP contribution in [-0.2, 0) is 4.79 Å². The lowest BCUT2D eigenvalue weighted by atomic mass is 10.1. The van der Waals surface area contributed by atoms with Crippen LogP contribution in [0.4, 0.5) is 5.69 Å². The minimum absolute atomic E-state index is 0.0222. The van der Waals surface area contributed by atoms with Crippen molar-refractivity contribution in [2.75, 3.05) is 18.6 Å². The number of halogens is 1. The van der Waals surface area contributed by atoms with Crippen molar-refractivity contribution in [3.63, 3.8) is 0 Å². The molecule has 1 atom stereocenters. The lowest BCUT2D eigenvalue weighted by Crippen LogP contribution is -2.25. The minimum atomic E-state index is -0.136. The summed E-state index contributed by atoms with van der Waals surface area (Å²) in [6.07, 6.45) is 0.330. The first kappa shape index (κ1) is 17.5. The smallest absolute Gasteiger partial charge is 0.261 e. The summed E-state index contributed by atoms with van der Waals surface area (Å²) in [5.41, 5.74) is 2.44. The van der Waals surface area contributed by atoms with E-state index in [0.29, 0.717) is 35.5 Å². The van der Waals surface area contributed by atoms with E-state index in [4.69, 9.17) is 20.9 Å². The molecular weight excluding hydrogens is 366 g/mol. The number of carbonyl (C=O) groups is 1. The zero-order valence-electron chi connectivity index (χ0n) is 15.0. The molecule has 1 aromatic heterocycles. The molecule has 0 radical (unpaired) electrons. The molecule has 2 heterocycles. The van der Waals surface area contributed by atoms with Crippen LogP contribution in [0.5, 0.6) is 5.75 Å². The SMILES string of the molecule is COc1ccccc1-c1nc(C2CC(=O)N(c3cccc(Cl)c3C)C2)no1. The van der Waals surface area contributed by atoms with Gasteiger partial charge < -0.3 is 14.2 Å². The van der Waals surface area contributed by atoms with Crippen molar-refractivity contribution in [1.82, 2.24) is 10.1 Å². The van der Waals surface area contributed by atoms with Gasteiger partial charge in [-0.05, 0) is 36.8 Å². The maximum absolute atomic E-state index is 12.6. The van der Waals surface area contributed by atoms with Gasteiger partial charge in [-0.2, -0.15) is 4.98 Å². The van der Waals surface area contributed by atoms with Gasteiger partial charge >= 0.3 is 0 Å². The number of hydrogen-bond donors (Lipinski definition) is 0. The second kappa shape index (κ2) is 7.04. The summed E-state index contributed by atoms with van der Waals surface area (Å²) in [6.45, 7) is 2.40. The molecule has 0 spiro atoms. The lowest BCUT2D eigenvalue weighted by Gasteiger charge is -2.19. The van der Waals surface area contributed by atoms with E-state index in [1.807, 2.05) is 49.4 Å². The first-order valence-electron chi connectivity index (χ1n) is 8.61. The largest absolute Gasteiger partial charge is 0.496 e. The second-order valence-electron chi connectivity index (χ2n) is 6.45.